The molecular formula is C17H26N2O3. The Morgan fingerprint density at radius 3 is 2.64 bits per heavy atom. The molecule has 1 aromatic rings. The van der Waals surface area contributed by atoms with Crippen LogP contribution in [0, 0.1) is 0 Å². The molecule has 1 aliphatic rings. The van der Waals surface area contributed by atoms with E-state index in [1.54, 1.807) is 0 Å². The molecule has 0 bridgehead atoms. The first-order chi connectivity index (χ1) is 10.4. The van der Waals surface area contributed by atoms with Crippen LogP contribution in [0.15, 0.2) is 24.3 Å². The predicted octanol–water partition coefficient (Wildman–Crippen LogP) is 3.30. The topological polar surface area (TPSA) is 59.6 Å². The lowest BCUT2D eigenvalue weighted by Crippen LogP contribution is -2.36. The first kappa shape index (κ1) is 16.8. The highest BCUT2D eigenvalue weighted by Gasteiger charge is 2.16. The molecule has 1 heterocycles. The molecule has 22 heavy (non-hydrogen) atoms. The summed E-state index contributed by atoms with van der Waals surface area (Å²) in [5.74, 6) is 0. The zero-order valence-corrected chi connectivity index (χ0v) is 13.6. The van der Waals surface area contributed by atoms with E-state index >= 15 is 0 Å². The van der Waals surface area contributed by atoms with Crippen molar-refractivity contribution in [2.75, 3.05) is 18.5 Å². The smallest absolute Gasteiger partial charge is 0.412 e. The first-order valence-corrected chi connectivity index (χ1v) is 7.82. The van der Waals surface area contributed by atoms with Crippen LogP contribution < -0.4 is 10.6 Å². The van der Waals surface area contributed by atoms with E-state index in [1.165, 1.54) is 5.56 Å². The Bertz CT molecular complexity index is 474. The molecule has 5 heteroatoms. The zero-order valence-electron chi connectivity index (χ0n) is 13.6. The van der Waals surface area contributed by atoms with Crippen molar-refractivity contribution in [2.45, 2.75) is 51.8 Å². The Morgan fingerprint density at radius 1 is 1.32 bits per heavy atom. The molecule has 1 unspecified atom stereocenters. The molecule has 2 rings (SSSR count). The number of carbonyl (C=O) groups is 1. The molecule has 0 saturated carbocycles. The van der Waals surface area contributed by atoms with Gasteiger partial charge in [0.25, 0.3) is 0 Å². The fourth-order valence-electron chi connectivity index (χ4n) is 2.29. The molecular weight excluding hydrogens is 280 g/mol. The molecule has 0 aromatic heterocycles. The minimum atomic E-state index is -0.490. The minimum absolute atomic E-state index is 0.433. The number of carbonyl (C=O) groups excluding carboxylic acids is 1. The van der Waals surface area contributed by atoms with E-state index in [1.807, 2.05) is 45.0 Å². The zero-order chi connectivity index (χ0) is 16.0. The van der Waals surface area contributed by atoms with Crippen LogP contribution in [-0.2, 0) is 16.0 Å². The molecule has 1 amide bonds. The third-order valence-corrected chi connectivity index (χ3v) is 3.35. The first-order valence-electron chi connectivity index (χ1n) is 7.82. The number of hydrogen-bond donors (Lipinski definition) is 2. The number of benzene rings is 1. The van der Waals surface area contributed by atoms with Gasteiger partial charge >= 0.3 is 6.09 Å². The molecule has 1 fully saturated rings. The number of anilines is 1. The van der Waals surface area contributed by atoms with E-state index in [0.29, 0.717) is 6.04 Å². The van der Waals surface area contributed by atoms with Gasteiger partial charge in [-0.05, 0) is 51.3 Å². The van der Waals surface area contributed by atoms with Crippen LogP contribution >= 0.6 is 0 Å². The number of amides is 1. The van der Waals surface area contributed by atoms with Gasteiger partial charge in [-0.2, -0.15) is 0 Å². The lowest BCUT2D eigenvalue weighted by molar-refractivity contribution is 0.0636. The van der Waals surface area contributed by atoms with Gasteiger partial charge in [0.2, 0.25) is 0 Å². The summed E-state index contributed by atoms with van der Waals surface area (Å²) in [4.78, 5) is 11.7. The predicted molar refractivity (Wildman–Crippen MR) is 87.0 cm³/mol. The summed E-state index contributed by atoms with van der Waals surface area (Å²) in [5.41, 5.74) is 1.43. The van der Waals surface area contributed by atoms with Crippen LogP contribution in [0.4, 0.5) is 10.5 Å². The van der Waals surface area contributed by atoms with Crippen molar-refractivity contribution in [1.82, 2.24) is 5.32 Å². The van der Waals surface area contributed by atoms with Gasteiger partial charge in [0.05, 0.1) is 6.61 Å². The van der Waals surface area contributed by atoms with Crippen LogP contribution in [-0.4, -0.2) is 30.9 Å². The summed E-state index contributed by atoms with van der Waals surface area (Å²) in [6, 6.07) is 8.22. The molecule has 1 saturated heterocycles. The third kappa shape index (κ3) is 6.03. The van der Waals surface area contributed by atoms with Gasteiger partial charge in [0, 0.05) is 24.9 Å². The molecule has 0 aliphatic carbocycles. The number of ether oxygens (including phenoxy) is 2. The molecule has 122 valence electrons. The van der Waals surface area contributed by atoms with Gasteiger partial charge in [-0.1, -0.05) is 12.1 Å². The van der Waals surface area contributed by atoms with E-state index in [0.717, 1.165) is 38.3 Å². The van der Waals surface area contributed by atoms with Gasteiger partial charge in [-0.3, -0.25) is 5.32 Å². The Morgan fingerprint density at radius 2 is 2.05 bits per heavy atom. The molecule has 1 atom stereocenters. The minimum Gasteiger partial charge on any atom is -0.444 e. The summed E-state index contributed by atoms with van der Waals surface area (Å²) in [5, 5.41) is 6.22. The molecule has 0 radical (unpaired) electrons. The molecule has 0 spiro atoms. The molecule has 2 N–H and O–H groups in total. The Balaban J connectivity index is 1.78. The second-order valence-corrected chi connectivity index (χ2v) is 6.62. The number of hydrogen-bond acceptors (Lipinski definition) is 4. The molecule has 1 aliphatic heterocycles. The van der Waals surface area contributed by atoms with Crippen molar-refractivity contribution in [2.24, 2.45) is 0 Å². The Labute approximate surface area is 132 Å². The highest BCUT2D eigenvalue weighted by Crippen LogP contribution is 2.13. The Hall–Kier alpha value is -1.59. The molecule has 1 aromatic carbocycles. The summed E-state index contributed by atoms with van der Waals surface area (Å²) >= 11 is 0. The standard InChI is InChI=1S/C17H26N2O3/c1-17(2,3)22-16(20)19-14-8-6-13(7-9-14)11-18-15-5-4-10-21-12-15/h6-9,15,18H,4-5,10-12H2,1-3H3,(H,19,20). The second-order valence-electron chi connectivity index (χ2n) is 6.62. The lowest BCUT2D eigenvalue weighted by Gasteiger charge is -2.23. The van der Waals surface area contributed by atoms with Crippen LogP contribution in [0.3, 0.4) is 0 Å². The average molecular weight is 306 g/mol. The van der Waals surface area contributed by atoms with E-state index in [-0.39, 0.29) is 0 Å². The van der Waals surface area contributed by atoms with Crippen LogP contribution in [0.1, 0.15) is 39.2 Å². The second kappa shape index (κ2) is 7.61. The largest absolute Gasteiger partial charge is 0.444 e. The van der Waals surface area contributed by atoms with Crippen molar-refractivity contribution in [3.05, 3.63) is 29.8 Å². The molecule has 5 nitrogen and oxygen atoms in total. The SMILES string of the molecule is CC(C)(C)OC(=O)Nc1ccc(CNC2CCCOC2)cc1. The van der Waals surface area contributed by atoms with Gasteiger partial charge in [-0.25, -0.2) is 4.79 Å². The average Bonchev–Trinajstić information content (AvgIpc) is 2.45. The normalized spacial score (nSPS) is 18.8. The summed E-state index contributed by atoms with van der Waals surface area (Å²) in [6.07, 6.45) is 1.85. The van der Waals surface area contributed by atoms with Gasteiger partial charge in [-0.15, -0.1) is 0 Å². The van der Waals surface area contributed by atoms with Crippen molar-refractivity contribution in [1.29, 1.82) is 0 Å². The van der Waals surface area contributed by atoms with E-state index in [9.17, 15) is 4.79 Å². The van der Waals surface area contributed by atoms with Gasteiger partial charge in [0.15, 0.2) is 0 Å². The maximum Gasteiger partial charge on any atom is 0.412 e. The summed E-state index contributed by atoms with van der Waals surface area (Å²) in [7, 11) is 0. The highest BCUT2D eigenvalue weighted by molar-refractivity contribution is 5.84. The quantitative estimate of drug-likeness (QED) is 0.896. The lowest BCUT2D eigenvalue weighted by atomic mass is 10.1. The monoisotopic (exact) mass is 306 g/mol. The van der Waals surface area contributed by atoms with E-state index in [4.69, 9.17) is 9.47 Å². The van der Waals surface area contributed by atoms with Crippen molar-refractivity contribution < 1.29 is 14.3 Å². The van der Waals surface area contributed by atoms with E-state index < -0.39 is 11.7 Å². The number of nitrogens with one attached hydrogen (secondary N) is 2. The fraction of sp³-hybridized carbons (Fsp3) is 0.588. The van der Waals surface area contributed by atoms with Crippen molar-refractivity contribution >= 4 is 11.8 Å². The maximum atomic E-state index is 11.7. The summed E-state index contributed by atoms with van der Waals surface area (Å²) in [6.45, 7) is 8.01. The van der Waals surface area contributed by atoms with Crippen molar-refractivity contribution in [3.8, 4) is 0 Å². The highest BCUT2D eigenvalue weighted by atomic mass is 16.6. The van der Waals surface area contributed by atoms with Crippen molar-refractivity contribution in [3.63, 3.8) is 0 Å². The van der Waals surface area contributed by atoms with Gasteiger partial charge < -0.3 is 14.8 Å². The number of rotatable bonds is 4. The summed E-state index contributed by atoms with van der Waals surface area (Å²) < 4.78 is 10.7. The fourth-order valence-corrected chi connectivity index (χ4v) is 2.29. The van der Waals surface area contributed by atoms with Crippen LogP contribution in [0.5, 0.6) is 0 Å². The van der Waals surface area contributed by atoms with Crippen LogP contribution in [0.2, 0.25) is 0 Å². The third-order valence-electron chi connectivity index (χ3n) is 3.35. The maximum absolute atomic E-state index is 11.7. The van der Waals surface area contributed by atoms with E-state index in [2.05, 4.69) is 10.6 Å². The van der Waals surface area contributed by atoms with Gasteiger partial charge in [0.1, 0.15) is 5.60 Å². The Kier molecular flexibility index (Phi) is 5.80. The van der Waals surface area contributed by atoms with Crippen LogP contribution in [0.25, 0.3) is 0 Å².